The van der Waals surface area contributed by atoms with Crippen LogP contribution in [0.5, 0.6) is 0 Å². The van der Waals surface area contributed by atoms with Crippen LogP contribution in [0.25, 0.3) is 0 Å². The van der Waals surface area contributed by atoms with E-state index in [1.807, 2.05) is 22.9 Å². The first-order chi connectivity index (χ1) is 9.29. The fourth-order valence-corrected chi connectivity index (χ4v) is 4.99. The third kappa shape index (κ3) is 2.41. The Hall–Kier alpha value is -1.29. The lowest BCUT2D eigenvalue weighted by Crippen LogP contribution is -2.27. The van der Waals surface area contributed by atoms with Gasteiger partial charge in [-0.15, -0.1) is 34.4 Å². The Morgan fingerprint density at radius 3 is 3.00 bits per heavy atom. The standard InChI is InChI=1S/C13H10N2OS3/c14-8-9-4-7-18-13(9)15-5-3-10(12(15)16)19-11-2-1-6-17-11/h1-2,4,6-7,10H,3,5H2/t10-/m0/s1. The molecule has 1 fully saturated rings. The highest BCUT2D eigenvalue weighted by Crippen LogP contribution is 2.37. The maximum Gasteiger partial charge on any atom is 0.241 e. The topological polar surface area (TPSA) is 44.1 Å². The van der Waals surface area contributed by atoms with Gasteiger partial charge in [0.05, 0.1) is 15.0 Å². The molecule has 0 unspecified atom stereocenters. The smallest absolute Gasteiger partial charge is 0.241 e. The molecule has 3 rings (SSSR count). The summed E-state index contributed by atoms with van der Waals surface area (Å²) in [5.41, 5.74) is 0.597. The number of carbonyl (C=O) groups excluding carboxylic acids is 1. The van der Waals surface area contributed by atoms with Crippen molar-refractivity contribution in [2.45, 2.75) is 15.9 Å². The molecule has 3 heterocycles. The predicted octanol–water partition coefficient (Wildman–Crippen LogP) is 3.58. The van der Waals surface area contributed by atoms with Gasteiger partial charge in [0, 0.05) is 6.54 Å². The van der Waals surface area contributed by atoms with Crippen molar-refractivity contribution < 1.29 is 4.79 Å². The van der Waals surface area contributed by atoms with E-state index in [-0.39, 0.29) is 11.2 Å². The number of thioether (sulfide) groups is 1. The fourth-order valence-electron chi connectivity index (χ4n) is 2.03. The van der Waals surface area contributed by atoms with Crippen LogP contribution >= 0.6 is 34.4 Å². The Morgan fingerprint density at radius 2 is 2.26 bits per heavy atom. The van der Waals surface area contributed by atoms with E-state index in [0.29, 0.717) is 12.1 Å². The molecule has 6 heteroatoms. The SMILES string of the molecule is N#Cc1ccsc1N1CC[C@H](Sc2cccs2)C1=O. The lowest BCUT2D eigenvalue weighted by molar-refractivity contribution is -0.116. The van der Waals surface area contributed by atoms with Crippen LogP contribution in [-0.2, 0) is 4.79 Å². The molecule has 0 aromatic carbocycles. The highest BCUT2D eigenvalue weighted by Gasteiger charge is 2.35. The average Bonchev–Trinajstić information content (AvgIpc) is 3.12. The molecular weight excluding hydrogens is 296 g/mol. The lowest BCUT2D eigenvalue weighted by atomic mass is 10.3. The van der Waals surface area contributed by atoms with Crippen molar-refractivity contribution in [2.75, 3.05) is 11.4 Å². The summed E-state index contributed by atoms with van der Waals surface area (Å²) in [4.78, 5) is 14.2. The Morgan fingerprint density at radius 1 is 1.37 bits per heavy atom. The van der Waals surface area contributed by atoms with Crippen molar-refractivity contribution in [1.82, 2.24) is 0 Å². The fraction of sp³-hybridized carbons (Fsp3) is 0.231. The van der Waals surface area contributed by atoms with Crippen LogP contribution in [0.15, 0.2) is 33.2 Å². The Bertz CT molecular complexity index is 627. The second-order valence-electron chi connectivity index (χ2n) is 4.07. The minimum atomic E-state index is -0.0210. The van der Waals surface area contributed by atoms with Crippen molar-refractivity contribution in [2.24, 2.45) is 0 Å². The van der Waals surface area contributed by atoms with Crippen LogP contribution in [0.1, 0.15) is 12.0 Å². The van der Waals surface area contributed by atoms with Crippen molar-refractivity contribution in [3.8, 4) is 6.07 Å². The molecule has 96 valence electrons. The van der Waals surface area contributed by atoms with Gasteiger partial charge in [-0.2, -0.15) is 5.26 Å². The van der Waals surface area contributed by atoms with E-state index in [9.17, 15) is 4.79 Å². The number of nitriles is 1. The normalized spacial score (nSPS) is 18.8. The van der Waals surface area contributed by atoms with E-state index in [1.54, 1.807) is 34.1 Å². The van der Waals surface area contributed by atoms with Crippen LogP contribution < -0.4 is 4.90 Å². The number of hydrogen-bond donors (Lipinski definition) is 0. The molecule has 1 atom stereocenters. The quantitative estimate of drug-likeness (QED) is 0.870. The van der Waals surface area contributed by atoms with E-state index in [4.69, 9.17) is 5.26 Å². The summed E-state index contributed by atoms with van der Waals surface area (Å²) in [6.07, 6.45) is 0.837. The van der Waals surface area contributed by atoms with Gasteiger partial charge in [0.25, 0.3) is 0 Å². The van der Waals surface area contributed by atoms with Crippen molar-refractivity contribution in [3.05, 3.63) is 34.5 Å². The van der Waals surface area contributed by atoms with Gasteiger partial charge >= 0.3 is 0 Å². The van der Waals surface area contributed by atoms with E-state index in [1.165, 1.54) is 15.5 Å². The van der Waals surface area contributed by atoms with Gasteiger partial charge in [-0.25, -0.2) is 0 Å². The first-order valence-electron chi connectivity index (χ1n) is 5.78. The molecule has 0 aliphatic carbocycles. The first-order valence-corrected chi connectivity index (χ1v) is 8.42. The molecule has 3 nitrogen and oxygen atoms in total. The molecule has 0 N–H and O–H groups in total. The molecule has 19 heavy (non-hydrogen) atoms. The van der Waals surface area contributed by atoms with Crippen molar-refractivity contribution in [3.63, 3.8) is 0 Å². The van der Waals surface area contributed by atoms with Crippen LogP contribution in [-0.4, -0.2) is 17.7 Å². The first kappa shape index (κ1) is 12.7. The Labute approximate surface area is 123 Å². The van der Waals surface area contributed by atoms with Gasteiger partial charge in [-0.3, -0.25) is 4.79 Å². The number of rotatable bonds is 3. The molecule has 1 amide bonds. The summed E-state index contributed by atoms with van der Waals surface area (Å²) >= 11 is 4.75. The average molecular weight is 306 g/mol. The molecular formula is C13H10N2OS3. The number of nitrogens with zero attached hydrogens (tertiary/aromatic N) is 2. The zero-order chi connectivity index (χ0) is 13.2. The molecule has 0 saturated carbocycles. The third-order valence-corrected chi connectivity index (χ3v) is 6.19. The molecule has 1 aliphatic rings. The van der Waals surface area contributed by atoms with Gasteiger partial charge in [-0.05, 0) is 29.3 Å². The van der Waals surface area contributed by atoms with Gasteiger partial charge in [0.15, 0.2) is 0 Å². The maximum atomic E-state index is 12.4. The summed E-state index contributed by atoms with van der Waals surface area (Å²) in [6, 6.07) is 7.95. The van der Waals surface area contributed by atoms with Crippen LogP contribution in [0.2, 0.25) is 0 Å². The summed E-state index contributed by atoms with van der Waals surface area (Å²) in [5, 5.41) is 13.7. The second-order valence-corrected chi connectivity index (χ2v) is 7.41. The number of anilines is 1. The molecule has 0 bridgehead atoms. The Balaban J connectivity index is 1.77. The van der Waals surface area contributed by atoms with E-state index < -0.39 is 0 Å². The van der Waals surface area contributed by atoms with Gasteiger partial charge in [0.1, 0.15) is 11.1 Å². The number of thiophene rings is 2. The van der Waals surface area contributed by atoms with Crippen LogP contribution in [0, 0.1) is 11.3 Å². The van der Waals surface area contributed by atoms with Gasteiger partial charge in [0.2, 0.25) is 5.91 Å². The molecule has 1 saturated heterocycles. The third-order valence-electron chi connectivity index (χ3n) is 2.92. The van der Waals surface area contributed by atoms with E-state index in [2.05, 4.69) is 6.07 Å². The second kappa shape index (κ2) is 5.37. The van der Waals surface area contributed by atoms with E-state index in [0.717, 1.165) is 11.4 Å². The Kier molecular flexibility index (Phi) is 3.60. The lowest BCUT2D eigenvalue weighted by Gasteiger charge is -2.14. The summed E-state index contributed by atoms with van der Waals surface area (Å²) in [6.45, 7) is 0.705. The zero-order valence-corrected chi connectivity index (χ0v) is 12.4. The van der Waals surface area contributed by atoms with Crippen molar-refractivity contribution >= 4 is 45.3 Å². The maximum absolute atomic E-state index is 12.4. The largest absolute Gasteiger partial charge is 0.302 e. The number of carbonyl (C=O) groups is 1. The van der Waals surface area contributed by atoms with Crippen LogP contribution in [0.3, 0.4) is 0 Å². The minimum absolute atomic E-state index is 0.0210. The molecule has 1 aliphatic heterocycles. The molecule has 0 radical (unpaired) electrons. The summed E-state index contributed by atoms with van der Waals surface area (Å²) in [5.74, 6) is 0.123. The molecule has 0 spiro atoms. The number of amides is 1. The highest BCUT2D eigenvalue weighted by atomic mass is 32.2. The van der Waals surface area contributed by atoms with Crippen LogP contribution in [0.4, 0.5) is 5.00 Å². The van der Waals surface area contributed by atoms with E-state index >= 15 is 0 Å². The minimum Gasteiger partial charge on any atom is -0.302 e. The summed E-state index contributed by atoms with van der Waals surface area (Å²) in [7, 11) is 0. The highest BCUT2D eigenvalue weighted by molar-refractivity contribution is 8.02. The zero-order valence-electron chi connectivity index (χ0n) is 9.91. The molecule has 2 aromatic heterocycles. The van der Waals surface area contributed by atoms with Crippen molar-refractivity contribution in [1.29, 1.82) is 5.26 Å². The summed E-state index contributed by atoms with van der Waals surface area (Å²) < 4.78 is 1.17. The number of hydrogen-bond acceptors (Lipinski definition) is 5. The molecule has 2 aromatic rings. The van der Waals surface area contributed by atoms with Gasteiger partial charge < -0.3 is 4.90 Å². The van der Waals surface area contributed by atoms with Gasteiger partial charge in [-0.1, -0.05) is 6.07 Å². The monoisotopic (exact) mass is 306 g/mol. The predicted molar refractivity (Wildman–Crippen MR) is 80.0 cm³/mol.